The molecule has 0 fully saturated rings. The summed E-state index contributed by atoms with van der Waals surface area (Å²) in [4.78, 5) is 17.2. The maximum Gasteiger partial charge on any atom is 0.274 e. The van der Waals surface area contributed by atoms with Crippen molar-refractivity contribution in [1.29, 1.82) is 0 Å². The van der Waals surface area contributed by atoms with Crippen LogP contribution in [0.25, 0.3) is 5.65 Å². The highest BCUT2D eigenvalue weighted by Gasteiger charge is 2.17. The zero-order chi connectivity index (χ0) is 18.8. The Balaban J connectivity index is 1.53. The van der Waals surface area contributed by atoms with Gasteiger partial charge in [-0.3, -0.25) is 9.20 Å². The van der Waals surface area contributed by atoms with Crippen LogP contribution in [-0.4, -0.2) is 15.3 Å². The molecule has 1 amide bonds. The number of ether oxygens (including phenoxy) is 1. The van der Waals surface area contributed by atoms with E-state index in [4.69, 9.17) is 4.74 Å². The molecule has 134 valence electrons. The lowest BCUT2D eigenvalue weighted by atomic mass is 10.2. The number of nitrogens with zero attached hydrogens (tertiary/aromatic N) is 2. The Bertz CT molecular complexity index is 1110. The molecule has 0 bridgehead atoms. The van der Waals surface area contributed by atoms with Crippen molar-refractivity contribution in [2.45, 2.75) is 6.92 Å². The highest BCUT2D eigenvalue weighted by atomic mass is 79.9. The van der Waals surface area contributed by atoms with E-state index in [1.54, 1.807) is 4.40 Å². The number of carbonyl (C=O) groups excluding carboxylic acids is 1. The van der Waals surface area contributed by atoms with Gasteiger partial charge in [-0.05, 0) is 71.4 Å². The second kappa shape index (κ2) is 7.25. The summed E-state index contributed by atoms with van der Waals surface area (Å²) >= 11 is 3.43. The Morgan fingerprint density at radius 3 is 2.44 bits per heavy atom. The van der Waals surface area contributed by atoms with Crippen LogP contribution >= 0.6 is 15.9 Å². The molecule has 0 spiro atoms. The minimum absolute atomic E-state index is 0.213. The summed E-state index contributed by atoms with van der Waals surface area (Å²) in [5.41, 5.74) is 2.60. The molecule has 0 saturated heterocycles. The first kappa shape index (κ1) is 17.3. The molecule has 0 aliphatic rings. The molecule has 0 atom stereocenters. The average Bonchev–Trinajstić information content (AvgIpc) is 2.99. The third-order valence-corrected chi connectivity index (χ3v) is 4.53. The van der Waals surface area contributed by atoms with Gasteiger partial charge in [-0.15, -0.1) is 0 Å². The molecule has 0 aliphatic heterocycles. The number of imidazole rings is 1. The van der Waals surface area contributed by atoms with Crippen LogP contribution in [-0.2, 0) is 0 Å². The number of nitrogens with one attached hydrogen (secondary N) is 1. The lowest BCUT2D eigenvalue weighted by Gasteiger charge is -2.08. The molecular weight excluding hydrogens is 406 g/mol. The maximum absolute atomic E-state index is 12.8. The Kier molecular flexibility index (Phi) is 4.64. The van der Waals surface area contributed by atoms with Crippen molar-refractivity contribution >= 4 is 33.2 Å². The first-order valence-electron chi connectivity index (χ1n) is 8.39. The number of para-hydroxylation sites is 1. The number of aromatic nitrogens is 2. The number of fused-ring (bicyclic) bond motifs is 1. The Morgan fingerprint density at radius 2 is 1.70 bits per heavy atom. The van der Waals surface area contributed by atoms with Crippen molar-refractivity contribution in [2.75, 3.05) is 5.32 Å². The second-order valence-electron chi connectivity index (χ2n) is 6.01. The Morgan fingerprint density at radius 1 is 1.00 bits per heavy atom. The number of aryl methyl sites for hydroxylation is 1. The van der Waals surface area contributed by atoms with Gasteiger partial charge in [-0.25, -0.2) is 4.98 Å². The molecule has 0 saturated carbocycles. The van der Waals surface area contributed by atoms with Crippen molar-refractivity contribution in [3.63, 3.8) is 0 Å². The minimum Gasteiger partial charge on any atom is -0.457 e. The third-order valence-electron chi connectivity index (χ3n) is 4.06. The van der Waals surface area contributed by atoms with Gasteiger partial charge in [-0.1, -0.05) is 18.2 Å². The molecule has 4 rings (SSSR count). The van der Waals surface area contributed by atoms with Crippen molar-refractivity contribution in [1.82, 2.24) is 9.38 Å². The van der Waals surface area contributed by atoms with Crippen molar-refractivity contribution in [3.05, 3.63) is 88.8 Å². The molecule has 0 aliphatic carbocycles. The zero-order valence-corrected chi connectivity index (χ0v) is 16.1. The van der Waals surface area contributed by atoms with E-state index in [-0.39, 0.29) is 5.91 Å². The smallest absolute Gasteiger partial charge is 0.274 e. The van der Waals surface area contributed by atoms with Gasteiger partial charge < -0.3 is 10.1 Å². The zero-order valence-electron chi connectivity index (χ0n) is 14.5. The molecule has 2 aromatic heterocycles. The van der Waals surface area contributed by atoms with Crippen LogP contribution < -0.4 is 10.1 Å². The normalized spacial score (nSPS) is 10.7. The van der Waals surface area contributed by atoms with Gasteiger partial charge in [0.15, 0.2) is 0 Å². The lowest BCUT2D eigenvalue weighted by Crippen LogP contribution is -2.15. The maximum atomic E-state index is 12.8. The fraction of sp³-hybridized carbons (Fsp3) is 0.0476. The number of hydrogen-bond acceptors (Lipinski definition) is 3. The van der Waals surface area contributed by atoms with E-state index in [1.807, 2.05) is 79.9 Å². The van der Waals surface area contributed by atoms with Crippen LogP contribution in [0.4, 0.5) is 5.69 Å². The van der Waals surface area contributed by atoms with Crippen LogP contribution in [0.1, 0.15) is 16.2 Å². The van der Waals surface area contributed by atoms with Gasteiger partial charge in [0.25, 0.3) is 5.91 Å². The van der Waals surface area contributed by atoms with Crippen LogP contribution in [0, 0.1) is 6.92 Å². The van der Waals surface area contributed by atoms with Gasteiger partial charge in [0, 0.05) is 16.4 Å². The van der Waals surface area contributed by atoms with E-state index in [2.05, 4.69) is 26.2 Å². The quantitative estimate of drug-likeness (QED) is 0.476. The largest absolute Gasteiger partial charge is 0.457 e. The van der Waals surface area contributed by atoms with Crippen molar-refractivity contribution in [3.8, 4) is 11.5 Å². The highest BCUT2D eigenvalue weighted by Crippen LogP contribution is 2.23. The summed E-state index contributed by atoms with van der Waals surface area (Å²) in [6.07, 6.45) is 1.83. The van der Waals surface area contributed by atoms with Gasteiger partial charge >= 0.3 is 0 Å². The summed E-state index contributed by atoms with van der Waals surface area (Å²) in [6, 6.07) is 20.6. The molecule has 5 nitrogen and oxygen atoms in total. The molecule has 4 aromatic rings. The van der Waals surface area contributed by atoms with E-state index in [0.29, 0.717) is 22.8 Å². The van der Waals surface area contributed by atoms with E-state index in [9.17, 15) is 4.79 Å². The second-order valence-corrected chi connectivity index (χ2v) is 6.93. The summed E-state index contributed by atoms with van der Waals surface area (Å²) in [6.45, 7) is 1.83. The third kappa shape index (κ3) is 3.71. The van der Waals surface area contributed by atoms with E-state index >= 15 is 0 Å². The minimum atomic E-state index is -0.213. The summed E-state index contributed by atoms with van der Waals surface area (Å²) in [5.74, 6) is 1.25. The Labute approximate surface area is 164 Å². The van der Waals surface area contributed by atoms with Crippen LogP contribution in [0.5, 0.6) is 11.5 Å². The molecule has 2 aromatic carbocycles. The number of halogens is 1. The van der Waals surface area contributed by atoms with Crippen LogP contribution in [0.3, 0.4) is 0 Å². The Hall–Kier alpha value is -3.12. The van der Waals surface area contributed by atoms with Crippen molar-refractivity contribution in [2.24, 2.45) is 0 Å². The van der Waals surface area contributed by atoms with Gasteiger partial charge in [0.2, 0.25) is 0 Å². The number of carbonyl (C=O) groups is 1. The highest BCUT2D eigenvalue weighted by molar-refractivity contribution is 9.10. The van der Waals surface area contributed by atoms with Crippen molar-refractivity contribution < 1.29 is 9.53 Å². The SMILES string of the molecule is Cc1nc2ccc(Br)cn2c1C(=O)Nc1ccc(Oc2ccccc2)cc1. The number of amides is 1. The van der Waals surface area contributed by atoms with Gasteiger partial charge in [0.05, 0.1) is 5.69 Å². The number of anilines is 1. The first-order chi connectivity index (χ1) is 13.1. The molecule has 0 radical (unpaired) electrons. The molecule has 6 heteroatoms. The molecule has 27 heavy (non-hydrogen) atoms. The number of rotatable bonds is 4. The van der Waals surface area contributed by atoms with Crippen LogP contribution in [0.15, 0.2) is 77.4 Å². The standard InChI is InChI=1S/C21H16BrN3O2/c1-14-20(25-13-15(22)7-12-19(25)23-14)21(26)24-16-8-10-18(11-9-16)27-17-5-3-2-4-6-17/h2-13H,1H3,(H,24,26). The first-order valence-corrected chi connectivity index (χ1v) is 9.18. The molecular formula is C21H16BrN3O2. The predicted octanol–water partition coefficient (Wildman–Crippen LogP) is 5.45. The molecule has 2 heterocycles. The number of pyridine rings is 1. The summed E-state index contributed by atoms with van der Waals surface area (Å²) in [7, 11) is 0. The molecule has 0 unspecified atom stereocenters. The summed E-state index contributed by atoms with van der Waals surface area (Å²) < 4.78 is 8.43. The number of hydrogen-bond donors (Lipinski definition) is 1. The fourth-order valence-electron chi connectivity index (χ4n) is 2.83. The van der Waals surface area contributed by atoms with Gasteiger partial charge in [0.1, 0.15) is 22.8 Å². The van der Waals surface area contributed by atoms with E-state index < -0.39 is 0 Å². The van der Waals surface area contributed by atoms with E-state index in [1.165, 1.54) is 0 Å². The van der Waals surface area contributed by atoms with E-state index in [0.717, 1.165) is 15.9 Å². The topological polar surface area (TPSA) is 55.6 Å². The van der Waals surface area contributed by atoms with Crippen LogP contribution in [0.2, 0.25) is 0 Å². The average molecular weight is 422 g/mol. The fourth-order valence-corrected chi connectivity index (χ4v) is 3.17. The molecule has 1 N–H and O–H groups in total. The lowest BCUT2D eigenvalue weighted by molar-refractivity contribution is 0.102. The predicted molar refractivity (Wildman–Crippen MR) is 109 cm³/mol. The number of benzene rings is 2. The monoisotopic (exact) mass is 421 g/mol. The van der Waals surface area contributed by atoms with Gasteiger partial charge in [-0.2, -0.15) is 0 Å². The summed E-state index contributed by atoms with van der Waals surface area (Å²) in [5, 5.41) is 2.92.